The summed E-state index contributed by atoms with van der Waals surface area (Å²) >= 11 is 2.10. The molecule has 0 aromatic carbocycles. The molecule has 1 heterocycles. The highest BCUT2D eigenvalue weighted by molar-refractivity contribution is 7.99. The second-order valence-corrected chi connectivity index (χ2v) is 7.27. The second-order valence-electron chi connectivity index (χ2n) is 6.28. The van der Waals surface area contributed by atoms with Gasteiger partial charge in [0.15, 0.2) is 0 Å². The highest BCUT2D eigenvalue weighted by atomic mass is 32.2. The van der Waals surface area contributed by atoms with E-state index in [0.717, 1.165) is 12.6 Å². The summed E-state index contributed by atoms with van der Waals surface area (Å²) in [6, 6.07) is 0.836. The van der Waals surface area contributed by atoms with E-state index in [9.17, 15) is 0 Å². The molecule has 0 amide bonds. The fourth-order valence-corrected chi connectivity index (χ4v) is 4.83. The molecule has 0 radical (unpaired) electrons. The van der Waals surface area contributed by atoms with Gasteiger partial charge >= 0.3 is 0 Å². The minimum atomic E-state index is 0.280. The van der Waals surface area contributed by atoms with Crippen molar-refractivity contribution in [2.24, 2.45) is 11.1 Å². The van der Waals surface area contributed by atoms with E-state index in [0.29, 0.717) is 5.41 Å². The molecule has 16 heavy (non-hydrogen) atoms. The summed E-state index contributed by atoms with van der Waals surface area (Å²) < 4.78 is 0. The van der Waals surface area contributed by atoms with E-state index in [1.165, 1.54) is 37.3 Å². The quantitative estimate of drug-likeness (QED) is 0.820. The lowest BCUT2D eigenvalue weighted by molar-refractivity contribution is 0.0660. The normalized spacial score (nSPS) is 34.3. The average Bonchev–Trinajstić information content (AvgIpc) is 3.01. The topological polar surface area (TPSA) is 29.3 Å². The van der Waals surface area contributed by atoms with E-state index < -0.39 is 0 Å². The molecule has 0 aromatic rings. The molecule has 1 saturated heterocycles. The first-order valence-corrected chi connectivity index (χ1v) is 7.73. The van der Waals surface area contributed by atoms with Crippen molar-refractivity contribution >= 4 is 11.8 Å². The number of hydrogen-bond donors (Lipinski definition) is 1. The number of thioether (sulfide) groups is 1. The molecule has 3 heteroatoms. The van der Waals surface area contributed by atoms with Crippen LogP contribution >= 0.6 is 11.8 Å². The Kier molecular flexibility index (Phi) is 3.58. The maximum Gasteiger partial charge on any atom is 0.0430 e. The minimum absolute atomic E-state index is 0.280. The molecule has 0 spiro atoms. The Morgan fingerprint density at radius 3 is 2.44 bits per heavy atom. The van der Waals surface area contributed by atoms with Gasteiger partial charge in [-0.15, -0.1) is 0 Å². The summed E-state index contributed by atoms with van der Waals surface area (Å²) in [5, 5.41) is 0. The minimum Gasteiger partial charge on any atom is -0.329 e. The Morgan fingerprint density at radius 2 is 2.00 bits per heavy atom. The molecule has 1 atom stereocenters. The van der Waals surface area contributed by atoms with Gasteiger partial charge < -0.3 is 5.73 Å². The van der Waals surface area contributed by atoms with Crippen molar-refractivity contribution in [3.63, 3.8) is 0 Å². The summed E-state index contributed by atoms with van der Waals surface area (Å²) in [6.45, 7) is 9.07. The monoisotopic (exact) mass is 242 g/mol. The van der Waals surface area contributed by atoms with Crippen LogP contribution in [-0.2, 0) is 0 Å². The van der Waals surface area contributed by atoms with E-state index in [1.807, 2.05) is 0 Å². The molecule has 2 fully saturated rings. The summed E-state index contributed by atoms with van der Waals surface area (Å²) in [7, 11) is 0. The van der Waals surface area contributed by atoms with E-state index in [1.54, 1.807) is 0 Å². The molecule has 1 aliphatic carbocycles. The number of hydrogen-bond acceptors (Lipinski definition) is 3. The van der Waals surface area contributed by atoms with E-state index >= 15 is 0 Å². The highest BCUT2D eigenvalue weighted by Gasteiger charge is 2.47. The molecular formula is C13H26N2S. The lowest BCUT2D eigenvalue weighted by Gasteiger charge is -2.50. The van der Waals surface area contributed by atoms with Gasteiger partial charge in [0.2, 0.25) is 0 Å². The van der Waals surface area contributed by atoms with E-state index in [4.69, 9.17) is 5.73 Å². The zero-order valence-electron chi connectivity index (χ0n) is 11.0. The summed E-state index contributed by atoms with van der Waals surface area (Å²) in [4.78, 5) is 2.71. The van der Waals surface area contributed by atoms with Gasteiger partial charge in [0, 0.05) is 23.9 Å². The van der Waals surface area contributed by atoms with Crippen LogP contribution < -0.4 is 5.73 Å². The molecule has 1 saturated carbocycles. The smallest absolute Gasteiger partial charge is 0.0430 e. The van der Waals surface area contributed by atoms with Crippen molar-refractivity contribution in [2.75, 3.05) is 24.6 Å². The lowest BCUT2D eigenvalue weighted by Crippen LogP contribution is -2.60. The zero-order chi connectivity index (χ0) is 11.8. The van der Waals surface area contributed by atoms with E-state index in [-0.39, 0.29) is 5.54 Å². The van der Waals surface area contributed by atoms with Crippen molar-refractivity contribution in [1.82, 2.24) is 4.90 Å². The predicted octanol–water partition coefficient (Wildman–Crippen LogP) is 2.33. The van der Waals surface area contributed by atoms with E-state index in [2.05, 4.69) is 37.4 Å². The second kappa shape index (κ2) is 4.51. The van der Waals surface area contributed by atoms with Crippen LogP contribution in [0.15, 0.2) is 0 Å². The maximum atomic E-state index is 6.15. The van der Waals surface area contributed by atoms with Crippen molar-refractivity contribution < 1.29 is 0 Å². The summed E-state index contributed by atoms with van der Waals surface area (Å²) in [5.74, 6) is 2.52. The fourth-order valence-electron chi connectivity index (χ4n) is 3.31. The first kappa shape index (κ1) is 12.7. The molecule has 0 bridgehead atoms. The van der Waals surface area contributed by atoms with Gasteiger partial charge in [-0.05, 0) is 37.0 Å². The largest absolute Gasteiger partial charge is 0.329 e. The molecule has 1 aliphatic heterocycles. The van der Waals surface area contributed by atoms with Crippen molar-refractivity contribution in [3.8, 4) is 0 Å². The Bertz CT molecular complexity index is 250. The number of nitrogens with two attached hydrogens (primary N) is 1. The summed E-state index contributed by atoms with van der Waals surface area (Å²) in [6.07, 6.45) is 4.05. The Morgan fingerprint density at radius 1 is 1.31 bits per heavy atom. The first-order valence-electron chi connectivity index (χ1n) is 6.58. The molecule has 0 aromatic heterocycles. The lowest BCUT2D eigenvalue weighted by atomic mass is 9.78. The number of rotatable bonds is 4. The highest BCUT2D eigenvalue weighted by Crippen LogP contribution is 2.45. The van der Waals surface area contributed by atoms with Crippen molar-refractivity contribution in [2.45, 2.75) is 51.6 Å². The molecule has 2 nitrogen and oxygen atoms in total. The zero-order valence-corrected chi connectivity index (χ0v) is 11.8. The third kappa shape index (κ3) is 2.41. The number of likely N-dealkylation sites (N-methyl/N-ethyl adjacent to an activating group) is 1. The standard InChI is InChI=1S/C13H26N2S/c1-4-15(11-5-6-11)13(8-14)7-12(2,3)9-16-10-13/h11H,4-10,14H2,1-3H3. The SMILES string of the molecule is CCN(C1CC1)C1(CN)CSCC(C)(C)C1. The van der Waals surface area contributed by atoms with Gasteiger partial charge in [-0.2, -0.15) is 11.8 Å². The van der Waals surface area contributed by atoms with Crippen LogP contribution in [0.2, 0.25) is 0 Å². The van der Waals surface area contributed by atoms with Gasteiger partial charge in [-0.3, -0.25) is 4.90 Å². The van der Waals surface area contributed by atoms with Crippen molar-refractivity contribution in [1.29, 1.82) is 0 Å². The maximum absolute atomic E-state index is 6.15. The average molecular weight is 242 g/mol. The predicted molar refractivity (Wildman–Crippen MR) is 72.9 cm³/mol. The number of nitrogens with zero attached hydrogens (tertiary/aromatic N) is 1. The molecular weight excluding hydrogens is 216 g/mol. The molecule has 94 valence electrons. The van der Waals surface area contributed by atoms with Crippen LogP contribution in [0, 0.1) is 5.41 Å². The van der Waals surface area contributed by atoms with Gasteiger partial charge in [-0.1, -0.05) is 20.8 Å². The Labute approximate surface area is 104 Å². The Hall–Kier alpha value is 0.270. The van der Waals surface area contributed by atoms with Crippen LogP contribution in [0.3, 0.4) is 0 Å². The molecule has 1 unspecified atom stereocenters. The van der Waals surface area contributed by atoms with Crippen LogP contribution in [0.25, 0.3) is 0 Å². The third-order valence-electron chi connectivity index (χ3n) is 3.99. The van der Waals surface area contributed by atoms with Gasteiger partial charge in [0.05, 0.1) is 0 Å². The van der Waals surface area contributed by atoms with Gasteiger partial charge in [-0.25, -0.2) is 0 Å². The van der Waals surface area contributed by atoms with Crippen LogP contribution in [0.4, 0.5) is 0 Å². The van der Waals surface area contributed by atoms with Gasteiger partial charge in [0.25, 0.3) is 0 Å². The van der Waals surface area contributed by atoms with Gasteiger partial charge in [0.1, 0.15) is 0 Å². The van der Waals surface area contributed by atoms with Crippen LogP contribution in [-0.4, -0.2) is 41.1 Å². The van der Waals surface area contributed by atoms with Crippen molar-refractivity contribution in [3.05, 3.63) is 0 Å². The molecule has 2 N–H and O–H groups in total. The van der Waals surface area contributed by atoms with Crippen LogP contribution in [0.1, 0.15) is 40.0 Å². The molecule has 2 rings (SSSR count). The third-order valence-corrected chi connectivity index (χ3v) is 5.72. The van der Waals surface area contributed by atoms with Crippen LogP contribution in [0.5, 0.6) is 0 Å². The fraction of sp³-hybridized carbons (Fsp3) is 1.00. The Balaban J connectivity index is 2.16. The first-order chi connectivity index (χ1) is 7.53. The molecule has 2 aliphatic rings. The summed E-state index contributed by atoms with van der Waals surface area (Å²) in [5.41, 5.74) is 6.88.